The van der Waals surface area contributed by atoms with Crippen molar-refractivity contribution in [3.8, 4) is 0 Å². The lowest BCUT2D eigenvalue weighted by molar-refractivity contribution is -0.122. The van der Waals surface area contributed by atoms with Crippen molar-refractivity contribution in [1.29, 1.82) is 0 Å². The summed E-state index contributed by atoms with van der Waals surface area (Å²) in [6.07, 6.45) is 1.30. The van der Waals surface area contributed by atoms with Gasteiger partial charge in [0.05, 0.1) is 29.7 Å². The molecule has 1 aliphatic heterocycles. The van der Waals surface area contributed by atoms with Crippen molar-refractivity contribution >= 4 is 23.5 Å². The fraction of sp³-hybridized carbons (Fsp3) is 0.421. The first-order chi connectivity index (χ1) is 11.4. The van der Waals surface area contributed by atoms with E-state index in [9.17, 15) is 14.4 Å². The molecule has 1 heterocycles. The Labute approximate surface area is 141 Å². The fourth-order valence-corrected chi connectivity index (χ4v) is 3.47. The number of anilines is 1. The number of amides is 2. The van der Waals surface area contributed by atoms with E-state index in [0.29, 0.717) is 30.7 Å². The summed E-state index contributed by atoms with van der Waals surface area (Å²) in [5.41, 5.74) is 3.34. The van der Waals surface area contributed by atoms with Crippen molar-refractivity contribution in [3.05, 3.63) is 41.0 Å². The average Bonchev–Trinajstić information content (AvgIpc) is 2.79. The van der Waals surface area contributed by atoms with Crippen molar-refractivity contribution in [2.75, 3.05) is 11.5 Å². The maximum atomic E-state index is 12.7. The lowest BCUT2D eigenvalue weighted by Gasteiger charge is -2.23. The summed E-state index contributed by atoms with van der Waals surface area (Å²) in [7, 11) is 0. The molecule has 1 aromatic carbocycles. The maximum absolute atomic E-state index is 12.7. The number of hydrogen-bond donors (Lipinski definition) is 0. The normalized spacial score (nSPS) is 23.5. The van der Waals surface area contributed by atoms with Crippen LogP contribution < -0.4 is 4.90 Å². The van der Waals surface area contributed by atoms with E-state index in [4.69, 9.17) is 4.74 Å². The first kappa shape index (κ1) is 16.4. The van der Waals surface area contributed by atoms with E-state index < -0.39 is 5.97 Å². The van der Waals surface area contributed by atoms with Gasteiger partial charge in [0.15, 0.2) is 0 Å². The molecule has 0 radical (unpaired) electrons. The van der Waals surface area contributed by atoms with Crippen molar-refractivity contribution in [3.63, 3.8) is 0 Å². The Morgan fingerprint density at radius 1 is 1.04 bits per heavy atom. The van der Waals surface area contributed by atoms with Crippen molar-refractivity contribution in [2.45, 2.75) is 33.6 Å². The lowest BCUT2D eigenvalue weighted by atomic mass is 9.78. The van der Waals surface area contributed by atoms with Gasteiger partial charge in [0.2, 0.25) is 11.8 Å². The Hall–Kier alpha value is -2.43. The molecule has 0 spiro atoms. The molecule has 2 aliphatic rings. The Balaban J connectivity index is 1.85. The van der Waals surface area contributed by atoms with Crippen molar-refractivity contribution in [2.24, 2.45) is 11.8 Å². The largest absolute Gasteiger partial charge is 0.462 e. The van der Waals surface area contributed by atoms with Crippen LogP contribution in [0.2, 0.25) is 0 Å². The van der Waals surface area contributed by atoms with E-state index in [1.807, 2.05) is 13.8 Å². The van der Waals surface area contributed by atoms with Gasteiger partial charge in [-0.05, 0) is 57.9 Å². The van der Waals surface area contributed by atoms with E-state index in [-0.39, 0.29) is 23.7 Å². The highest BCUT2D eigenvalue weighted by Crippen LogP contribution is 2.42. The predicted molar refractivity (Wildman–Crippen MR) is 89.5 cm³/mol. The molecule has 2 amide bonds. The van der Waals surface area contributed by atoms with Gasteiger partial charge in [0.1, 0.15) is 0 Å². The Morgan fingerprint density at radius 2 is 1.54 bits per heavy atom. The van der Waals surface area contributed by atoms with E-state index in [0.717, 1.165) is 0 Å². The summed E-state index contributed by atoms with van der Waals surface area (Å²) in [4.78, 5) is 38.4. The van der Waals surface area contributed by atoms with Crippen LogP contribution >= 0.6 is 0 Å². The van der Waals surface area contributed by atoms with Gasteiger partial charge < -0.3 is 4.74 Å². The molecule has 0 aromatic heterocycles. The number of nitrogens with zero attached hydrogens (tertiary/aromatic N) is 1. The van der Waals surface area contributed by atoms with Gasteiger partial charge in [-0.2, -0.15) is 0 Å². The topological polar surface area (TPSA) is 63.7 Å². The quantitative estimate of drug-likeness (QED) is 0.486. The van der Waals surface area contributed by atoms with Gasteiger partial charge in [-0.15, -0.1) is 0 Å². The first-order valence-corrected chi connectivity index (χ1v) is 8.24. The number of imide groups is 1. The number of rotatable bonds is 3. The van der Waals surface area contributed by atoms with Crippen molar-refractivity contribution < 1.29 is 19.1 Å². The van der Waals surface area contributed by atoms with E-state index >= 15 is 0 Å². The number of hydrogen-bond acceptors (Lipinski definition) is 4. The first-order valence-electron chi connectivity index (χ1n) is 8.24. The van der Waals surface area contributed by atoms with Gasteiger partial charge in [0, 0.05) is 0 Å². The summed E-state index contributed by atoms with van der Waals surface area (Å²) >= 11 is 0. The number of fused-ring (bicyclic) bond motifs is 1. The zero-order chi connectivity index (χ0) is 17.4. The van der Waals surface area contributed by atoms with Gasteiger partial charge in [-0.3, -0.25) is 14.5 Å². The molecule has 0 bridgehead atoms. The fourth-order valence-electron chi connectivity index (χ4n) is 3.47. The minimum atomic E-state index is -0.410. The van der Waals surface area contributed by atoms with Crippen LogP contribution in [0.5, 0.6) is 0 Å². The maximum Gasteiger partial charge on any atom is 0.338 e. The van der Waals surface area contributed by atoms with Crippen LogP contribution in [0.1, 0.15) is 44.0 Å². The van der Waals surface area contributed by atoms with Crippen molar-refractivity contribution in [1.82, 2.24) is 0 Å². The number of ether oxygens (including phenoxy) is 1. The number of carbonyl (C=O) groups is 3. The lowest BCUT2D eigenvalue weighted by Crippen LogP contribution is -2.30. The molecule has 1 aromatic rings. The van der Waals surface area contributed by atoms with Crippen LogP contribution in [0.15, 0.2) is 35.4 Å². The monoisotopic (exact) mass is 327 g/mol. The van der Waals surface area contributed by atoms with E-state index in [2.05, 4.69) is 0 Å². The zero-order valence-corrected chi connectivity index (χ0v) is 14.2. The van der Waals surface area contributed by atoms with Crippen LogP contribution in [-0.4, -0.2) is 24.4 Å². The third-order valence-electron chi connectivity index (χ3n) is 4.98. The minimum Gasteiger partial charge on any atom is -0.462 e. The van der Waals surface area contributed by atoms with E-state index in [1.54, 1.807) is 31.2 Å². The Morgan fingerprint density at radius 3 is 2.00 bits per heavy atom. The molecular weight excluding hydrogens is 306 g/mol. The van der Waals surface area contributed by atoms with Gasteiger partial charge >= 0.3 is 5.97 Å². The second-order valence-corrected chi connectivity index (χ2v) is 6.46. The molecule has 0 N–H and O–H groups in total. The molecule has 0 unspecified atom stereocenters. The predicted octanol–water partition coefficient (Wildman–Crippen LogP) is 3.10. The van der Waals surface area contributed by atoms with Gasteiger partial charge in [0.25, 0.3) is 0 Å². The van der Waals surface area contributed by atoms with E-state index in [1.165, 1.54) is 16.0 Å². The highest BCUT2D eigenvalue weighted by Gasteiger charge is 2.49. The van der Waals surface area contributed by atoms with Crippen LogP contribution in [0.25, 0.3) is 0 Å². The summed E-state index contributed by atoms with van der Waals surface area (Å²) in [5.74, 6) is -1.20. The Bertz CT molecular complexity index is 700. The third-order valence-corrected chi connectivity index (χ3v) is 4.98. The second kappa shape index (κ2) is 6.23. The summed E-state index contributed by atoms with van der Waals surface area (Å²) in [6.45, 7) is 6.10. The molecule has 1 saturated heterocycles. The minimum absolute atomic E-state index is 0.138. The zero-order valence-electron chi connectivity index (χ0n) is 14.2. The van der Waals surface area contributed by atoms with Crippen LogP contribution in [0.3, 0.4) is 0 Å². The molecule has 126 valence electrons. The number of carbonyl (C=O) groups excluding carboxylic acids is 3. The van der Waals surface area contributed by atoms with Crippen LogP contribution in [-0.2, 0) is 14.3 Å². The number of esters is 1. The molecule has 5 heteroatoms. The molecule has 24 heavy (non-hydrogen) atoms. The Kier molecular flexibility index (Phi) is 4.26. The number of benzene rings is 1. The standard InChI is InChI=1S/C19H21NO4/c1-4-24-19(23)13-5-7-14(8-6-13)20-17(21)15-9-11(2)12(3)10-16(15)18(20)22/h5-8,15-16H,4,9-10H2,1-3H3/t15-,16+. The highest BCUT2D eigenvalue weighted by molar-refractivity contribution is 6.22. The van der Waals surface area contributed by atoms with Gasteiger partial charge in [-0.25, -0.2) is 4.79 Å². The highest BCUT2D eigenvalue weighted by atomic mass is 16.5. The van der Waals surface area contributed by atoms with Crippen LogP contribution in [0, 0.1) is 11.8 Å². The second-order valence-electron chi connectivity index (χ2n) is 6.46. The molecule has 1 fully saturated rings. The molecule has 3 rings (SSSR count). The summed E-state index contributed by atoms with van der Waals surface area (Å²) in [6, 6.07) is 6.44. The smallest absolute Gasteiger partial charge is 0.338 e. The molecule has 1 aliphatic carbocycles. The van der Waals surface area contributed by atoms with Gasteiger partial charge in [-0.1, -0.05) is 11.1 Å². The molecule has 2 atom stereocenters. The third kappa shape index (κ3) is 2.64. The average molecular weight is 327 g/mol. The summed E-state index contributed by atoms with van der Waals surface area (Å²) < 4.78 is 4.94. The molecule has 0 saturated carbocycles. The summed E-state index contributed by atoms with van der Waals surface area (Å²) in [5, 5.41) is 0. The van der Waals surface area contributed by atoms with Crippen LogP contribution in [0.4, 0.5) is 5.69 Å². The SMILES string of the molecule is CCOC(=O)c1ccc(N2C(=O)[C@H]3CC(C)=C(C)C[C@H]3C2=O)cc1. The number of allylic oxidation sites excluding steroid dienone is 2. The molecular formula is C19H21NO4. The molecule has 5 nitrogen and oxygen atoms in total.